The lowest BCUT2D eigenvalue weighted by Gasteiger charge is -2.18. The second-order valence-corrected chi connectivity index (χ2v) is 7.28. The Kier molecular flexibility index (Phi) is 8.31. The van der Waals surface area contributed by atoms with Gasteiger partial charge in [0.25, 0.3) is 5.91 Å². The Hall–Kier alpha value is -3.68. The number of carbonyl (C=O) groups excluding carboxylic acids is 4. The number of nitrogens with zero attached hydrogens (tertiary/aromatic N) is 1. The van der Waals surface area contributed by atoms with Crippen LogP contribution in [-0.2, 0) is 30.3 Å². The largest absolute Gasteiger partial charge is 0.455 e. The van der Waals surface area contributed by atoms with E-state index in [1.54, 1.807) is 24.3 Å². The fourth-order valence-corrected chi connectivity index (χ4v) is 2.87. The lowest BCUT2D eigenvalue weighted by Crippen LogP contribution is -2.37. The first-order valence-corrected chi connectivity index (χ1v) is 9.78. The summed E-state index contributed by atoms with van der Waals surface area (Å²) < 4.78 is 5.03. The van der Waals surface area contributed by atoms with Crippen LogP contribution in [0.5, 0.6) is 0 Å². The molecule has 0 heterocycles. The van der Waals surface area contributed by atoms with E-state index in [1.165, 1.54) is 18.9 Å². The van der Waals surface area contributed by atoms with E-state index in [9.17, 15) is 19.2 Å². The Labute approximate surface area is 181 Å². The van der Waals surface area contributed by atoms with Gasteiger partial charge < -0.3 is 20.3 Å². The van der Waals surface area contributed by atoms with E-state index in [0.29, 0.717) is 11.3 Å². The van der Waals surface area contributed by atoms with Gasteiger partial charge in [-0.25, -0.2) is 0 Å². The van der Waals surface area contributed by atoms with Gasteiger partial charge in [0.05, 0.1) is 13.0 Å². The number of likely N-dealkylation sites (N-methyl/N-ethyl adjacent to an activating group) is 1. The first kappa shape index (κ1) is 23.6. The van der Waals surface area contributed by atoms with Crippen LogP contribution in [0.1, 0.15) is 23.6 Å². The third-order valence-corrected chi connectivity index (χ3v) is 4.53. The Balaban J connectivity index is 1.78. The summed E-state index contributed by atoms with van der Waals surface area (Å²) in [5.41, 5.74) is 3.90. The van der Waals surface area contributed by atoms with Crippen molar-refractivity contribution in [3.63, 3.8) is 0 Å². The number of esters is 1. The summed E-state index contributed by atoms with van der Waals surface area (Å²) >= 11 is 0. The van der Waals surface area contributed by atoms with Crippen LogP contribution in [0.2, 0.25) is 0 Å². The minimum Gasteiger partial charge on any atom is -0.455 e. The van der Waals surface area contributed by atoms with Crippen LogP contribution >= 0.6 is 0 Å². The van der Waals surface area contributed by atoms with Gasteiger partial charge in [-0.1, -0.05) is 30.3 Å². The van der Waals surface area contributed by atoms with Crippen molar-refractivity contribution in [3.05, 3.63) is 59.2 Å². The lowest BCUT2D eigenvalue weighted by atomic mass is 10.1. The smallest absolute Gasteiger partial charge is 0.310 e. The molecule has 8 heteroatoms. The van der Waals surface area contributed by atoms with E-state index < -0.39 is 18.5 Å². The van der Waals surface area contributed by atoms with Gasteiger partial charge in [-0.3, -0.25) is 19.2 Å². The molecular weight excluding hydrogens is 398 g/mol. The quantitative estimate of drug-likeness (QED) is 0.632. The molecule has 3 amide bonds. The molecule has 0 saturated heterocycles. The highest BCUT2D eigenvalue weighted by Gasteiger charge is 2.16. The van der Waals surface area contributed by atoms with Crippen LogP contribution in [-0.4, -0.2) is 48.8 Å². The molecule has 0 aromatic heterocycles. The number of hydrogen-bond donors (Lipinski definition) is 2. The fraction of sp³-hybridized carbons (Fsp3) is 0.304. The third kappa shape index (κ3) is 7.58. The van der Waals surface area contributed by atoms with Crippen molar-refractivity contribution in [1.82, 2.24) is 4.90 Å². The highest BCUT2D eigenvalue weighted by molar-refractivity contribution is 5.96. The van der Waals surface area contributed by atoms with E-state index in [4.69, 9.17) is 4.74 Å². The second-order valence-electron chi connectivity index (χ2n) is 7.28. The van der Waals surface area contributed by atoms with Crippen molar-refractivity contribution >= 4 is 35.1 Å². The average Bonchev–Trinajstić information content (AvgIpc) is 2.70. The summed E-state index contributed by atoms with van der Waals surface area (Å²) in [5.74, 6) is -1.56. The van der Waals surface area contributed by atoms with E-state index >= 15 is 0 Å². The molecule has 31 heavy (non-hydrogen) atoms. The standard InChI is InChI=1S/C23H27N3O5/c1-15-6-5-7-16(2)23(15)25-20(28)13-26(4)21(29)14-31-22(30)12-18-8-10-19(11-9-18)24-17(3)27/h5-11H,12-14H2,1-4H3,(H,24,27)(H,25,28). The number of rotatable bonds is 8. The van der Waals surface area contributed by atoms with Crippen LogP contribution in [0, 0.1) is 13.8 Å². The number of benzene rings is 2. The van der Waals surface area contributed by atoms with Gasteiger partial charge in [0.1, 0.15) is 0 Å². The first-order valence-electron chi connectivity index (χ1n) is 9.78. The maximum absolute atomic E-state index is 12.3. The summed E-state index contributed by atoms with van der Waals surface area (Å²) in [7, 11) is 1.47. The fourth-order valence-electron chi connectivity index (χ4n) is 2.87. The van der Waals surface area contributed by atoms with Gasteiger partial charge in [-0.05, 0) is 42.7 Å². The number of ether oxygens (including phenoxy) is 1. The summed E-state index contributed by atoms with van der Waals surface area (Å²) in [4.78, 5) is 48.7. The van der Waals surface area contributed by atoms with Gasteiger partial charge in [-0.2, -0.15) is 0 Å². The van der Waals surface area contributed by atoms with Gasteiger partial charge in [0.15, 0.2) is 6.61 Å². The Morgan fingerprint density at radius 1 is 0.935 bits per heavy atom. The molecule has 0 saturated carbocycles. The molecule has 2 N–H and O–H groups in total. The minimum atomic E-state index is -0.561. The van der Waals surface area contributed by atoms with Crippen molar-refractivity contribution in [2.24, 2.45) is 0 Å². The number of para-hydroxylation sites is 1. The zero-order valence-electron chi connectivity index (χ0n) is 18.2. The minimum absolute atomic E-state index is 0.00953. The molecule has 0 fully saturated rings. The molecule has 8 nitrogen and oxygen atoms in total. The van der Waals surface area contributed by atoms with Crippen LogP contribution in [0.4, 0.5) is 11.4 Å². The molecule has 0 unspecified atom stereocenters. The van der Waals surface area contributed by atoms with Crippen molar-refractivity contribution in [2.45, 2.75) is 27.2 Å². The molecule has 164 valence electrons. The summed E-state index contributed by atoms with van der Waals surface area (Å²) in [6.45, 7) is 4.59. The van der Waals surface area contributed by atoms with Crippen molar-refractivity contribution < 1.29 is 23.9 Å². The summed E-state index contributed by atoms with van der Waals surface area (Å²) in [6.07, 6.45) is -0.00953. The molecular formula is C23H27N3O5. The predicted octanol–water partition coefficient (Wildman–Crippen LogP) is 2.44. The van der Waals surface area contributed by atoms with Crippen molar-refractivity contribution in [2.75, 3.05) is 30.8 Å². The predicted molar refractivity (Wildman–Crippen MR) is 118 cm³/mol. The Bertz CT molecular complexity index is 949. The highest BCUT2D eigenvalue weighted by atomic mass is 16.5. The van der Waals surface area contributed by atoms with Crippen molar-refractivity contribution in [1.29, 1.82) is 0 Å². The summed E-state index contributed by atoms with van der Waals surface area (Å²) in [6, 6.07) is 12.4. The number of aryl methyl sites for hydroxylation is 2. The number of carbonyl (C=O) groups is 4. The molecule has 0 aliphatic rings. The van der Waals surface area contributed by atoms with Crippen LogP contribution in [0.25, 0.3) is 0 Å². The normalized spacial score (nSPS) is 10.2. The first-order chi connectivity index (χ1) is 14.7. The topological polar surface area (TPSA) is 105 Å². The number of anilines is 2. The average molecular weight is 425 g/mol. The number of nitrogens with one attached hydrogen (secondary N) is 2. The zero-order valence-corrected chi connectivity index (χ0v) is 18.2. The van der Waals surface area contributed by atoms with Crippen molar-refractivity contribution in [3.8, 4) is 0 Å². The molecule has 2 aromatic carbocycles. The van der Waals surface area contributed by atoms with Gasteiger partial charge in [-0.15, -0.1) is 0 Å². The van der Waals surface area contributed by atoms with Gasteiger partial charge >= 0.3 is 5.97 Å². The number of hydrogen-bond acceptors (Lipinski definition) is 5. The second kappa shape index (κ2) is 10.9. The van der Waals surface area contributed by atoms with Gasteiger partial charge in [0.2, 0.25) is 11.8 Å². The SMILES string of the molecule is CC(=O)Nc1ccc(CC(=O)OCC(=O)N(C)CC(=O)Nc2c(C)cccc2C)cc1. The van der Waals surface area contributed by atoms with E-state index in [2.05, 4.69) is 10.6 Å². The molecule has 0 spiro atoms. The number of amides is 3. The Morgan fingerprint density at radius 2 is 1.55 bits per heavy atom. The third-order valence-electron chi connectivity index (χ3n) is 4.53. The monoisotopic (exact) mass is 425 g/mol. The highest BCUT2D eigenvalue weighted by Crippen LogP contribution is 2.19. The van der Waals surface area contributed by atoms with E-state index in [-0.39, 0.29) is 24.8 Å². The van der Waals surface area contributed by atoms with E-state index in [0.717, 1.165) is 16.8 Å². The maximum atomic E-state index is 12.3. The van der Waals surface area contributed by atoms with Gasteiger partial charge in [0, 0.05) is 25.3 Å². The summed E-state index contributed by atoms with van der Waals surface area (Å²) in [5, 5.41) is 5.45. The zero-order chi connectivity index (χ0) is 23.0. The molecule has 0 radical (unpaired) electrons. The van der Waals surface area contributed by atoms with Crippen LogP contribution in [0.15, 0.2) is 42.5 Å². The molecule has 2 rings (SSSR count). The van der Waals surface area contributed by atoms with Crippen LogP contribution in [0.3, 0.4) is 0 Å². The molecule has 0 aliphatic heterocycles. The molecule has 2 aromatic rings. The lowest BCUT2D eigenvalue weighted by molar-refractivity contribution is -0.151. The Morgan fingerprint density at radius 3 is 2.13 bits per heavy atom. The molecule has 0 atom stereocenters. The molecule has 0 bridgehead atoms. The van der Waals surface area contributed by atoms with Crippen LogP contribution < -0.4 is 10.6 Å². The maximum Gasteiger partial charge on any atom is 0.310 e. The van der Waals surface area contributed by atoms with E-state index in [1.807, 2.05) is 32.0 Å². The molecule has 0 aliphatic carbocycles.